The van der Waals surface area contributed by atoms with Gasteiger partial charge in [-0.15, -0.1) is 5.11 Å². The topological polar surface area (TPSA) is 74.6 Å². The third kappa shape index (κ3) is 0.971. The van der Waals surface area contributed by atoms with Crippen LogP contribution in [0.2, 0.25) is 0 Å². The van der Waals surface area contributed by atoms with E-state index in [0.717, 1.165) is 11.8 Å². The van der Waals surface area contributed by atoms with Crippen LogP contribution in [-0.2, 0) is 0 Å². The molecule has 7 heavy (non-hydrogen) atoms. The van der Waals surface area contributed by atoms with Gasteiger partial charge in [-0.05, 0) is 11.8 Å². The Labute approximate surface area is 44.7 Å². The predicted octanol–water partition coefficient (Wildman–Crippen LogP) is 0.362. The summed E-state index contributed by atoms with van der Waals surface area (Å²) in [6, 6.07) is 0. The molecule has 1 aliphatic rings. The highest BCUT2D eigenvalue weighted by molar-refractivity contribution is 8.14. The van der Waals surface area contributed by atoms with Crippen LogP contribution in [0, 0.1) is 5.41 Å². The van der Waals surface area contributed by atoms with E-state index in [-0.39, 0.29) is 10.7 Å². The van der Waals surface area contributed by atoms with E-state index < -0.39 is 0 Å². The van der Waals surface area contributed by atoms with Gasteiger partial charge in [-0.2, -0.15) is 5.11 Å². The predicted molar refractivity (Wildman–Crippen MR) is 28.1 cm³/mol. The van der Waals surface area contributed by atoms with Crippen LogP contribution in [0.5, 0.6) is 0 Å². The average molecular weight is 116 g/mol. The van der Waals surface area contributed by atoms with Crippen LogP contribution < -0.4 is 5.73 Å². The standard InChI is InChI=1S/C2H4N4S/c3-1-5-6-2(4)7-1/h1,4H,3H2. The van der Waals surface area contributed by atoms with Gasteiger partial charge in [-0.1, -0.05) is 0 Å². The quantitative estimate of drug-likeness (QED) is 0.479. The molecule has 0 aromatic heterocycles. The molecule has 0 radical (unpaired) electrons. The van der Waals surface area contributed by atoms with E-state index in [9.17, 15) is 0 Å². The smallest absolute Gasteiger partial charge is 0.204 e. The zero-order valence-electron chi connectivity index (χ0n) is 3.46. The van der Waals surface area contributed by atoms with Gasteiger partial charge in [0.1, 0.15) is 0 Å². The lowest BCUT2D eigenvalue weighted by Crippen LogP contribution is -2.07. The fraction of sp³-hybridized carbons (Fsp3) is 0.500. The Balaban J connectivity index is 2.58. The molecule has 0 aliphatic carbocycles. The van der Waals surface area contributed by atoms with Crippen LogP contribution in [0.1, 0.15) is 0 Å². The van der Waals surface area contributed by atoms with Gasteiger partial charge in [0.25, 0.3) is 0 Å². The molecule has 4 nitrogen and oxygen atoms in total. The molecule has 1 heterocycles. The minimum atomic E-state index is -0.326. The first-order chi connectivity index (χ1) is 3.29. The minimum absolute atomic E-state index is 0.201. The maximum Gasteiger partial charge on any atom is 0.204 e. The van der Waals surface area contributed by atoms with E-state index in [1.54, 1.807) is 0 Å². The van der Waals surface area contributed by atoms with Crippen molar-refractivity contribution in [3.63, 3.8) is 0 Å². The highest BCUT2D eigenvalue weighted by atomic mass is 32.2. The largest absolute Gasteiger partial charge is 0.299 e. The van der Waals surface area contributed by atoms with Crippen molar-refractivity contribution in [3.05, 3.63) is 0 Å². The molecule has 0 amide bonds. The zero-order valence-corrected chi connectivity index (χ0v) is 4.27. The number of thioether (sulfide) groups is 1. The highest BCUT2D eigenvalue weighted by Crippen LogP contribution is 2.16. The van der Waals surface area contributed by atoms with Gasteiger partial charge in [0, 0.05) is 0 Å². The van der Waals surface area contributed by atoms with Crippen molar-refractivity contribution in [1.82, 2.24) is 0 Å². The van der Waals surface area contributed by atoms with Gasteiger partial charge in [0.2, 0.25) is 5.17 Å². The summed E-state index contributed by atoms with van der Waals surface area (Å²) >= 11 is 1.15. The zero-order chi connectivity index (χ0) is 5.28. The van der Waals surface area contributed by atoms with Crippen molar-refractivity contribution < 1.29 is 0 Å². The number of rotatable bonds is 0. The van der Waals surface area contributed by atoms with Crippen LogP contribution in [-0.4, -0.2) is 10.7 Å². The monoisotopic (exact) mass is 116 g/mol. The van der Waals surface area contributed by atoms with Gasteiger partial charge < -0.3 is 0 Å². The highest BCUT2D eigenvalue weighted by Gasteiger charge is 2.10. The molecule has 0 aromatic rings. The first-order valence-electron chi connectivity index (χ1n) is 1.70. The molecule has 1 aliphatic heterocycles. The lowest BCUT2D eigenvalue weighted by atomic mass is 11.2. The van der Waals surface area contributed by atoms with Crippen molar-refractivity contribution in [2.75, 3.05) is 0 Å². The summed E-state index contributed by atoms with van der Waals surface area (Å²) in [7, 11) is 0. The molecule has 1 atom stereocenters. The van der Waals surface area contributed by atoms with Crippen LogP contribution in [0.25, 0.3) is 0 Å². The average Bonchev–Trinajstić information content (AvgIpc) is 1.87. The molecule has 0 saturated heterocycles. The number of nitrogens with two attached hydrogens (primary N) is 1. The normalized spacial score (nSPS) is 29.3. The number of amidine groups is 1. The van der Waals surface area contributed by atoms with E-state index in [0.29, 0.717) is 0 Å². The number of hydrogen-bond acceptors (Lipinski definition) is 4. The fourth-order valence-corrected chi connectivity index (χ4v) is 0.688. The third-order valence-corrected chi connectivity index (χ3v) is 1.14. The van der Waals surface area contributed by atoms with Crippen molar-refractivity contribution in [2.45, 2.75) is 5.50 Å². The molecule has 5 heteroatoms. The summed E-state index contributed by atoms with van der Waals surface area (Å²) < 4.78 is 0. The number of azo groups is 1. The Morgan fingerprint density at radius 3 is 2.71 bits per heavy atom. The van der Waals surface area contributed by atoms with Gasteiger partial charge >= 0.3 is 0 Å². The maximum absolute atomic E-state index is 6.80. The third-order valence-electron chi connectivity index (χ3n) is 0.495. The Morgan fingerprint density at radius 1 is 1.86 bits per heavy atom. The van der Waals surface area contributed by atoms with Crippen LogP contribution in [0.4, 0.5) is 0 Å². The molecule has 0 aromatic carbocycles. The number of nitrogens with one attached hydrogen (secondary N) is 1. The minimum Gasteiger partial charge on any atom is -0.299 e. The fourth-order valence-electron chi connectivity index (χ4n) is 0.271. The first-order valence-corrected chi connectivity index (χ1v) is 2.58. The molecule has 0 fully saturated rings. The van der Waals surface area contributed by atoms with Crippen LogP contribution in [0.15, 0.2) is 10.2 Å². The van der Waals surface area contributed by atoms with E-state index in [2.05, 4.69) is 10.2 Å². The van der Waals surface area contributed by atoms with Crippen molar-refractivity contribution >= 4 is 16.9 Å². The second-order valence-corrected chi connectivity index (χ2v) is 2.13. The molecule has 38 valence electrons. The lowest BCUT2D eigenvalue weighted by Gasteiger charge is -1.86. The van der Waals surface area contributed by atoms with Crippen molar-refractivity contribution in [2.24, 2.45) is 16.0 Å². The van der Waals surface area contributed by atoms with E-state index in [1.165, 1.54) is 0 Å². The Hall–Kier alpha value is -0.420. The molecular formula is C2H4N4S. The summed E-state index contributed by atoms with van der Waals surface area (Å²) in [6.45, 7) is 0. The molecule has 0 bridgehead atoms. The van der Waals surface area contributed by atoms with E-state index in [1.807, 2.05) is 0 Å². The molecule has 0 spiro atoms. The van der Waals surface area contributed by atoms with Crippen molar-refractivity contribution in [1.29, 1.82) is 5.41 Å². The summed E-state index contributed by atoms with van der Waals surface area (Å²) in [5.74, 6) is 0. The van der Waals surface area contributed by atoms with E-state index in [4.69, 9.17) is 11.1 Å². The second-order valence-electron chi connectivity index (χ2n) is 1.03. The van der Waals surface area contributed by atoms with Gasteiger partial charge in [0.05, 0.1) is 0 Å². The lowest BCUT2D eigenvalue weighted by molar-refractivity contribution is 0.936. The number of hydrogen-bond donors (Lipinski definition) is 2. The van der Waals surface area contributed by atoms with Crippen LogP contribution >= 0.6 is 11.8 Å². The summed E-state index contributed by atoms with van der Waals surface area (Å²) in [6.07, 6.45) is 0. The summed E-state index contributed by atoms with van der Waals surface area (Å²) in [5, 5.41) is 13.8. The maximum atomic E-state index is 6.80. The Bertz CT molecular complexity index is 119. The first kappa shape index (κ1) is 4.73. The molecule has 3 N–H and O–H groups in total. The summed E-state index contributed by atoms with van der Waals surface area (Å²) in [5.41, 5.74) is 4.86. The molecule has 1 rings (SSSR count). The SMILES string of the molecule is N=C1N=NC(N)S1. The van der Waals surface area contributed by atoms with E-state index >= 15 is 0 Å². The van der Waals surface area contributed by atoms with Gasteiger partial charge in [-0.25, -0.2) is 0 Å². The van der Waals surface area contributed by atoms with Gasteiger partial charge in [-0.3, -0.25) is 11.1 Å². The Morgan fingerprint density at radius 2 is 2.57 bits per heavy atom. The summed E-state index contributed by atoms with van der Waals surface area (Å²) in [4.78, 5) is 0. The van der Waals surface area contributed by atoms with Gasteiger partial charge in [0.15, 0.2) is 5.50 Å². The van der Waals surface area contributed by atoms with Crippen molar-refractivity contribution in [3.8, 4) is 0 Å². The molecular weight excluding hydrogens is 112 g/mol. The van der Waals surface area contributed by atoms with Crippen LogP contribution in [0.3, 0.4) is 0 Å². The molecule has 1 unspecified atom stereocenters. The second kappa shape index (κ2) is 1.59. The molecule has 0 saturated carbocycles. The Kier molecular flexibility index (Phi) is 1.07. The number of nitrogens with zero attached hydrogens (tertiary/aromatic N) is 2.